The Morgan fingerprint density at radius 1 is 1.33 bits per heavy atom. The van der Waals surface area contributed by atoms with E-state index in [4.69, 9.17) is 11.6 Å². The van der Waals surface area contributed by atoms with E-state index in [0.717, 1.165) is 25.1 Å². The molecule has 0 saturated carbocycles. The van der Waals surface area contributed by atoms with Crippen LogP contribution in [-0.2, 0) is 6.54 Å². The summed E-state index contributed by atoms with van der Waals surface area (Å²) in [6.07, 6.45) is 0.828. The summed E-state index contributed by atoms with van der Waals surface area (Å²) < 4.78 is 0. The van der Waals surface area contributed by atoms with E-state index in [9.17, 15) is 4.79 Å². The Kier molecular flexibility index (Phi) is 4.39. The molecule has 1 aromatic heterocycles. The smallest absolute Gasteiger partial charge is 0.153 e. The molecule has 0 atom stereocenters. The Morgan fingerprint density at radius 3 is 2.78 bits per heavy atom. The molecular formula is C14H14ClNOS. The highest BCUT2D eigenvalue weighted by atomic mass is 35.5. The predicted octanol–water partition coefficient (Wildman–Crippen LogP) is 4.24. The van der Waals surface area contributed by atoms with Gasteiger partial charge in [-0.2, -0.15) is 0 Å². The third kappa shape index (κ3) is 2.74. The zero-order valence-electron chi connectivity index (χ0n) is 10.1. The second kappa shape index (κ2) is 6.03. The minimum Gasteiger partial charge on any atom is -0.366 e. The largest absolute Gasteiger partial charge is 0.366 e. The SMILES string of the molecule is CCN(Cc1cccs1)c1cccc(Cl)c1C=O. The van der Waals surface area contributed by atoms with E-state index in [0.29, 0.717) is 10.6 Å². The minimum absolute atomic E-state index is 0.507. The highest BCUT2D eigenvalue weighted by molar-refractivity contribution is 7.09. The second-order valence-corrected chi connectivity index (χ2v) is 5.32. The van der Waals surface area contributed by atoms with Crippen molar-refractivity contribution in [3.63, 3.8) is 0 Å². The highest BCUT2D eigenvalue weighted by Gasteiger charge is 2.12. The van der Waals surface area contributed by atoms with Crippen molar-refractivity contribution in [1.29, 1.82) is 0 Å². The van der Waals surface area contributed by atoms with E-state index in [1.54, 1.807) is 17.4 Å². The van der Waals surface area contributed by atoms with Crippen molar-refractivity contribution in [1.82, 2.24) is 0 Å². The average Bonchev–Trinajstić information content (AvgIpc) is 2.88. The topological polar surface area (TPSA) is 20.3 Å². The van der Waals surface area contributed by atoms with E-state index in [1.807, 2.05) is 18.2 Å². The summed E-state index contributed by atoms with van der Waals surface area (Å²) in [5, 5.41) is 2.56. The minimum atomic E-state index is 0.507. The molecule has 0 N–H and O–H groups in total. The molecule has 94 valence electrons. The van der Waals surface area contributed by atoms with Gasteiger partial charge in [0, 0.05) is 17.1 Å². The molecule has 0 amide bonds. The highest BCUT2D eigenvalue weighted by Crippen LogP contribution is 2.27. The van der Waals surface area contributed by atoms with Gasteiger partial charge < -0.3 is 4.90 Å². The molecule has 0 radical (unpaired) electrons. The van der Waals surface area contributed by atoms with E-state index in [1.165, 1.54) is 4.88 Å². The molecule has 0 aliphatic rings. The molecule has 2 aromatic rings. The Hall–Kier alpha value is -1.32. The number of halogens is 1. The number of thiophene rings is 1. The van der Waals surface area contributed by atoms with Crippen molar-refractivity contribution in [2.24, 2.45) is 0 Å². The van der Waals surface area contributed by atoms with Gasteiger partial charge in [-0.1, -0.05) is 23.7 Å². The molecule has 2 nitrogen and oxygen atoms in total. The van der Waals surface area contributed by atoms with Crippen LogP contribution in [0.5, 0.6) is 0 Å². The number of rotatable bonds is 5. The van der Waals surface area contributed by atoms with Crippen LogP contribution in [0.2, 0.25) is 5.02 Å². The maximum atomic E-state index is 11.2. The number of hydrogen-bond donors (Lipinski definition) is 0. The lowest BCUT2D eigenvalue weighted by Gasteiger charge is -2.24. The number of anilines is 1. The van der Waals surface area contributed by atoms with Crippen molar-refractivity contribution in [2.75, 3.05) is 11.4 Å². The lowest BCUT2D eigenvalue weighted by atomic mass is 10.1. The zero-order chi connectivity index (χ0) is 13.0. The monoisotopic (exact) mass is 279 g/mol. The molecule has 1 aromatic carbocycles. The molecular weight excluding hydrogens is 266 g/mol. The summed E-state index contributed by atoms with van der Waals surface area (Å²) in [6.45, 7) is 3.71. The van der Waals surface area contributed by atoms with Crippen molar-refractivity contribution in [3.8, 4) is 0 Å². The van der Waals surface area contributed by atoms with Crippen molar-refractivity contribution in [2.45, 2.75) is 13.5 Å². The molecule has 0 spiro atoms. The van der Waals surface area contributed by atoms with Crippen LogP contribution in [0, 0.1) is 0 Å². The van der Waals surface area contributed by atoms with Crippen LogP contribution < -0.4 is 4.90 Å². The summed E-state index contributed by atoms with van der Waals surface area (Å²) in [5.41, 5.74) is 1.46. The van der Waals surface area contributed by atoms with Crippen LogP contribution >= 0.6 is 22.9 Å². The van der Waals surface area contributed by atoms with Crippen LogP contribution in [-0.4, -0.2) is 12.8 Å². The summed E-state index contributed by atoms with van der Waals surface area (Å²) in [4.78, 5) is 14.6. The van der Waals surface area contributed by atoms with Gasteiger partial charge in [0.25, 0.3) is 0 Å². The van der Waals surface area contributed by atoms with Gasteiger partial charge in [0.05, 0.1) is 17.1 Å². The molecule has 2 rings (SSSR count). The third-order valence-electron chi connectivity index (χ3n) is 2.80. The number of aldehydes is 1. The van der Waals surface area contributed by atoms with Gasteiger partial charge in [-0.05, 0) is 30.5 Å². The fraction of sp³-hybridized carbons (Fsp3) is 0.214. The lowest BCUT2D eigenvalue weighted by Crippen LogP contribution is -2.22. The predicted molar refractivity (Wildman–Crippen MR) is 77.9 cm³/mol. The van der Waals surface area contributed by atoms with Crippen LogP contribution in [0.3, 0.4) is 0 Å². The van der Waals surface area contributed by atoms with E-state index in [-0.39, 0.29) is 0 Å². The molecule has 0 unspecified atom stereocenters. The first-order valence-electron chi connectivity index (χ1n) is 5.77. The number of nitrogens with zero attached hydrogens (tertiary/aromatic N) is 1. The van der Waals surface area contributed by atoms with Gasteiger partial charge in [-0.15, -0.1) is 11.3 Å². The Morgan fingerprint density at radius 2 is 2.17 bits per heavy atom. The van der Waals surface area contributed by atoms with Crippen molar-refractivity contribution >= 4 is 34.9 Å². The maximum Gasteiger partial charge on any atom is 0.153 e. The Labute approximate surface area is 116 Å². The zero-order valence-corrected chi connectivity index (χ0v) is 11.7. The van der Waals surface area contributed by atoms with Crippen LogP contribution in [0.4, 0.5) is 5.69 Å². The number of carbonyl (C=O) groups excluding carboxylic acids is 1. The van der Waals surface area contributed by atoms with Crippen molar-refractivity contribution < 1.29 is 4.79 Å². The molecule has 1 heterocycles. The number of carbonyl (C=O) groups is 1. The van der Waals surface area contributed by atoms with Gasteiger partial charge in [0.1, 0.15) is 0 Å². The van der Waals surface area contributed by atoms with Crippen LogP contribution in [0.25, 0.3) is 0 Å². The van der Waals surface area contributed by atoms with Crippen LogP contribution in [0.1, 0.15) is 22.2 Å². The molecule has 0 bridgehead atoms. The molecule has 0 aliphatic carbocycles. The van der Waals surface area contributed by atoms with Gasteiger partial charge in [-0.3, -0.25) is 4.79 Å². The quantitative estimate of drug-likeness (QED) is 0.763. The fourth-order valence-electron chi connectivity index (χ4n) is 1.88. The van der Waals surface area contributed by atoms with E-state index < -0.39 is 0 Å². The maximum absolute atomic E-state index is 11.2. The van der Waals surface area contributed by atoms with Gasteiger partial charge in [0.2, 0.25) is 0 Å². The first kappa shape index (κ1) is 13.1. The van der Waals surface area contributed by atoms with Gasteiger partial charge in [-0.25, -0.2) is 0 Å². The Bertz CT molecular complexity index is 525. The van der Waals surface area contributed by atoms with Crippen LogP contribution in [0.15, 0.2) is 35.7 Å². The molecule has 18 heavy (non-hydrogen) atoms. The third-order valence-corrected chi connectivity index (χ3v) is 3.99. The van der Waals surface area contributed by atoms with Gasteiger partial charge in [0.15, 0.2) is 6.29 Å². The van der Waals surface area contributed by atoms with Crippen molar-refractivity contribution in [3.05, 3.63) is 51.2 Å². The number of benzene rings is 1. The fourth-order valence-corrected chi connectivity index (χ4v) is 2.81. The molecule has 0 aliphatic heterocycles. The second-order valence-electron chi connectivity index (χ2n) is 3.88. The first-order chi connectivity index (χ1) is 8.76. The first-order valence-corrected chi connectivity index (χ1v) is 7.03. The number of hydrogen-bond acceptors (Lipinski definition) is 3. The normalized spacial score (nSPS) is 10.3. The standard InChI is InChI=1S/C14H14ClNOS/c1-2-16(9-11-5-4-8-18-11)14-7-3-6-13(15)12(14)10-17/h3-8,10H,2,9H2,1H3. The average molecular weight is 280 g/mol. The van der Waals surface area contributed by atoms with Gasteiger partial charge >= 0.3 is 0 Å². The summed E-state index contributed by atoms with van der Waals surface area (Å²) in [6, 6.07) is 9.69. The Balaban J connectivity index is 2.32. The summed E-state index contributed by atoms with van der Waals surface area (Å²) in [5.74, 6) is 0. The summed E-state index contributed by atoms with van der Waals surface area (Å²) >= 11 is 7.77. The molecule has 4 heteroatoms. The molecule has 0 fully saturated rings. The molecule has 0 saturated heterocycles. The van der Waals surface area contributed by atoms with E-state index in [2.05, 4.69) is 23.3 Å². The summed E-state index contributed by atoms with van der Waals surface area (Å²) in [7, 11) is 0. The van der Waals surface area contributed by atoms with E-state index >= 15 is 0 Å². The lowest BCUT2D eigenvalue weighted by molar-refractivity contribution is 0.112.